The maximum Gasteiger partial charge on any atom is 0.307 e. The molecule has 0 spiro atoms. The fourth-order valence-corrected chi connectivity index (χ4v) is 3.31. The lowest BCUT2D eigenvalue weighted by Gasteiger charge is -2.11. The summed E-state index contributed by atoms with van der Waals surface area (Å²) in [6, 6.07) is 18.8. The Hall–Kier alpha value is -3.31. The van der Waals surface area contributed by atoms with Crippen molar-refractivity contribution in [1.29, 1.82) is 0 Å². The van der Waals surface area contributed by atoms with E-state index in [0.29, 0.717) is 16.4 Å². The molecule has 0 radical (unpaired) electrons. The third-order valence-electron chi connectivity index (χ3n) is 4.35. The van der Waals surface area contributed by atoms with Crippen molar-refractivity contribution in [3.63, 3.8) is 0 Å². The van der Waals surface area contributed by atoms with Crippen LogP contribution in [0.3, 0.4) is 0 Å². The monoisotopic (exact) mass is 406 g/mol. The number of nitrogens with zero attached hydrogens (tertiary/aromatic N) is 1. The summed E-state index contributed by atoms with van der Waals surface area (Å²) in [6.45, 7) is 3.87. The largest absolute Gasteiger partial charge is 0.489 e. The van der Waals surface area contributed by atoms with Crippen LogP contribution in [-0.4, -0.2) is 18.2 Å². The fourth-order valence-electron chi connectivity index (χ4n) is 3.07. The maximum atomic E-state index is 12.4. The van der Waals surface area contributed by atoms with Gasteiger partial charge in [-0.2, -0.15) is 5.10 Å². The molecule has 0 unspecified atom stereocenters. The molecule has 29 heavy (non-hydrogen) atoms. The van der Waals surface area contributed by atoms with Gasteiger partial charge in [-0.25, -0.2) is 5.43 Å². The first-order valence-corrected chi connectivity index (χ1v) is 9.60. The lowest BCUT2D eigenvalue weighted by Crippen LogP contribution is -2.16. The zero-order valence-corrected chi connectivity index (χ0v) is 16.7. The van der Waals surface area contributed by atoms with Crippen LogP contribution in [0.15, 0.2) is 70.2 Å². The number of nitrogens with one attached hydrogen (secondary N) is 1. The number of ether oxygens (including phenoxy) is 1. The van der Waals surface area contributed by atoms with Gasteiger partial charge < -0.3 is 9.15 Å². The van der Waals surface area contributed by atoms with Crippen molar-refractivity contribution in [2.75, 3.05) is 0 Å². The number of furan rings is 1. The lowest BCUT2D eigenvalue weighted by atomic mass is 10.1. The van der Waals surface area contributed by atoms with E-state index in [1.54, 1.807) is 18.2 Å². The highest BCUT2D eigenvalue weighted by molar-refractivity contribution is 6.32. The van der Waals surface area contributed by atoms with Gasteiger partial charge in [0, 0.05) is 5.39 Å². The van der Waals surface area contributed by atoms with Crippen LogP contribution in [0.1, 0.15) is 30.0 Å². The summed E-state index contributed by atoms with van der Waals surface area (Å²) >= 11 is 6.21. The average Bonchev–Trinajstić information content (AvgIpc) is 3.15. The topological polar surface area (TPSA) is 63.8 Å². The van der Waals surface area contributed by atoms with Crippen LogP contribution in [0.5, 0.6) is 5.75 Å². The van der Waals surface area contributed by atoms with Gasteiger partial charge in [-0.1, -0.05) is 41.9 Å². The number of carbonyl (C=O) groups excluding carboxylic acids is 1. The predicted octanol–water partition coefficient (Wildman–Crippen LogP) is 5.79. The molecule has 0 aliphatic carbocycles. The second-order valence-corrected chi connectivity index (χ2v) is 7.27. The summed E-state index contributed by atoms with van der Waals surface area (Å²) in [5.74, 6) is 0.386. The van der Waals surface area contributed by atoms with Crippen LogP contribution in [0.4, 0.5) is 0 Å². The molecule has 1 N–H and O–H groups in total. The highest BCUT2D eigenvalue weighted by Gasteiger charge is 2.13. The zero-order chi connectivity index (χ0) is 20.4. The molecule has 1 amide bonds. The molecule has 146 valence electrons. The smallest absolute Gasteiger partial charge is 0.307 e. The quantitative estimate of drug-likeness (QED) is 0.337. The Morgan fingerprint density at radius 3 is 2.72 bits per heavy atom. The van der Waals surface area contributed by atoms with E-state index in [0.717, 1.165) is 21.7 Å². The molecular weight excluding hydrogens is 388 g/mol. The van der Waals surface area contributed by atoms with Gasteiger partial charge in [0.2, 0.25) is 0 Å². The van der Waals surface area contributed by atoms with Gasteiger partial charge in [0.05, 0.1) is 17.3 Å². The number of hydrogen-bond acceptors (Lipinski definition) is 4. The Bertz CT molecular complexity index is 1230. The van der Waals surface area contributed by atoms with E-state index in [1.165, 1.54) is 6.21 Å². The third-order valence-corrected chi connectivity index (χ3v) is 4.64. The average molecular weight is 407 g/mol. The Kier molecular flexibility index (Phi) is 5.23. The fraction of sp³-hybridized carbons (Fsp3) is 0.130. The standard InChI is InChI=1S/C23H19ClN2O3/c1-14(2)28-21-9-7-15(11-19(21)24)13-25-26-23(27)22-12-18-17-6-4-3-5-16(17)8-10-20(18)29-22/h3-14H,1-2H3,(H,26,27). The summed E-state index contributed by atoms with van der Waals surface area (Å²) in [5, 5.41) is 7.50. The van der Waals surface area contributed by atoms with Gasteiger partial charge in [0.1, 0.15) is 11.3 Å². The Balaban J connectivity index is 1.50. The van der Waals surface area contributed by atoms with Crippen molar-refractivity contribution in [2.45, 2.75) is 20.0 Å². The molecule has 1 aromatic heterocycles. The van der Waals surface area contributed by atoms with E-state index >= 15 is 0 Å². The number of hydrazone groups is 1. The van der Waals surface area contributed by atoms with Crippen molar-refractivity contribution in [3.8, 4) is 5.75 Å². The molecule has 6 heteroatoms. The number of benzene rings is 3. The van der Waals surface area contributed by atoms with Gasteiger partial charge in [-0.3, -0.25) is 4.79 Å². The van der Waals surface area contributed by atoms with Gasteiger partial charge >= 0.3 is 5.91 Å². The van der Waals surface area contributed by atoms with Gasteiger partial charge in [-0.15, -0.1) is 0 Å². The van der Waals surface area contributed by atoms with E-state index in [-0.39, 0.29) is 11.9 Å². The number of halogens is 1. The summed E-state index contributed by atoms with van der Waals surface area (Å²) in [5.41, 5.74) is 3.88. The predicted molar refractivity (Wildman–Crippen MR) is 116 cm³/mol. The second kappa shape index (κ2) is 7.97. The van der Waals surface area contributed by atoms with E-state index in [4.69, 9.17) is 20.8 Å². The molecule has 0 fully saturated rings. The van der Waals surface area contributed by atoms with Crippen LogP contribution in [0.25, 0.3) is 21.7 Å². The van der Waals surface area contributed by atoms with Crippen LogP contribution < -0.4 is 10.2 Å². The molecule has 4 rings (SSSR count). The molecular formula is C23H19ClN2O3. The first kappa shape index (κ1) is 19.0. The van der Waals surface area contributed by atoms with E-state index in [1.807, 2.05) is 56.3 Å². The molecule has 0 saturated carbocycles. The van der Waals surface area contributed by atoms with Crippen LogP contribution >= 0.6 is 11.6 Å². The second-order valence-electron chi connectivity index (χ2n) is 6.86. The molecule has 5 nitrogen and oxygen atoms in total. The summed E-state index contributed by atoms with van der Waals surface area (Å²) < 4.78 is 11.3. The first-order valence-electron chi connectivity index (χ1n) is 9.22. The Morgan fingerprint density at radius 2 is 1.93 bits per heavy atom. The van der Waals surface area contributed by atoms with Crippen LogP contribution in [0.2, 0.25) is 5.02 Å². The van der Waals surface area contributed by atoms with Crippen molar-refractivity contribution < 1.29 is 13.9 Å². The molecule has 4 aromatic rings. The Labute approximate surface area is 172 Å². The summed E-state index contributed by atoms with van der Waals surface area (Å²) in [6.07, 6.45) is 1.55. The summed E-state index contributed by atoms with van der Waals surface area (Å²) in [4.78, 5) is 12.4. The van der Waals surface area contributed by atoms with E-state index < -0.39 is 5.91 Å². The highest BCUT2D eigenvalue weighted by Crippen LogP contribution is 2.28. The number of carbonyl (C=O) groups is 1. The normalized spacial score (nSPS) is 11.6. The summed E-state index contributed by atoms with van der Waals surface area (Å²) in [7, 11) is 0. The molecule has 0 atom stereocenters. The van der Waals surface area contributed by atoms with E-state index in [9.17, 15) is 4.79 Å². The minimum absolute atomic E-state index is 0.0345. The van der Waals surface area contributed by atoms with Crippen molar-refractivity contribution >= 4 is 45.5 Å². The van der Waals surface area contributed by atoms with Crippen molar-refractivity contribution in [2.24, 2.45) is 5.10 Å². The van der Waals surface area contributed by atoms with Crippen molar-refractivity contribution in [3.05, 3.63) is 77.0 Å². The number of hydrogen-bond donors (Lipinski definition) is 1. The maximum absolute atomic E-state index is 12.4. The zero-order valence-electron chi connectivity index (χ0n) is 16.0. The SMILES string of the molecule is CC(C)Oc1ccc(C=NNC(=O)c2cc3c(ccc4ccccc43)o2)cc1Cl. The first-order chi connectivity index (χ1) is 14.0. The number of rotatable bonds is 5. The van der Waals surface area contributed by atoms with Crippen LogP contribution in [0, 0.1) is 0 Å². The Morgan fingerprint density at radius 1 is 1.10 bits per heavy atom. The number of fused-ring (bicyclic) bond motifs is 3. The molecule has 1 heterocycles. The van der Waals surface area contributed by atoms with Crippen molar-refractivity contribution in [1.82, 2.24) is 5.43 Å². The number of amides is 1. The van der Waals surface area contributed by atoms with Gasteiger partial charge in [0.15, 0.2) is 5.76 Å². The molecule has 0 aliphatic heterocycles. The van der Waals surface area contributed by atoms with E-state index in [2.05, 4.69) is 10.5 Å². The van der Waals surface area contributed by atoms with Gasteiger partial charge in [-0.05, 0) is 60.5 Å². The third kappa shape index (κ3) is 4.10. The van der Waals surface area contributed by atoms with Crippen LogP contribution in [-0.2, 0) is 0 Å². The lowest BCUT2D eigenvalue weighted by molar-refractivity contribution is 0.0929. The minimum Gasteiger partial charge on any atom is -0.489 e. The molecule has 0 aliphatic rings. The van der Waals surface area contributed by atoms with Gasteiger partial charge in [0.25, 0.3) is 0 Å². The molecule has 0 bridgehead atoms. The minimum atomic E-state index is -0.424. The molecule has 3 aromatic carbocycles. The molecule has 0 saturated heterocycles. The highest BCUT2D eigenvalue weighted by atomic mass is 35.5.